The van der Waals surface area contributed by atoms with Crippen molar-refractivity contribution in [3.05, 3.63) is 35.9 Å². The lowest BCUT2D eigenvalue weighted by Crippen LogP contribution is -2.11. The number of hydrogen-bond acceptors (Lipinski definition) is 3. The van der Waals surface area contributed by atoms with E-state index in [1.165, 1.54) is 0 Å². The van der Waals surface area contributed by atoms with Crippen LogP contribution in [0.25, 0.3) is 5.52 Å². The van der Waals surface area contributed by atoms with Crippen molar-refractivity contribution in [2.75, 3.05) is 6.61 Å². The Kier molecular flexibility index (Phi) is 2.65. The Morgan fingerprint density at radius 3 is 3.29 bits per heavy atom. The summed E-state index contributed by atoms with van der Waals surface area (Å²) in [5, 5.41) is 0. The summed E-state index contributed by atoms with van der Waals surface area (Å²) in [6, 6.07) is 3.68. The molecule has 0 spiro atoms. The van der Waals surface area contributed by atoms with Crippen LogP contribution >= 0.6 is 0 Å². The third kappa shape index (κ3) is 1.85. The third-order valence-corrected chi connectivity index (χ3v) is 3.24. The molecule has 3 rings (SSSR count). The Labute approximate surface area is 99.2 Å². The van der Waals surface area contributed by atoms with Crippen LogP contribution in [0, 0.1) is 0 Å². The van der Waals surface area contributed by atoms with Gasteiger partial charge in [0.25, 0.3) is 0 Å². The SMILES string of the molecule is O=Cc1cccn2c(CC3CCCO3)ncc12. The van der Waals surface area contributed by atoms with E-state index in [4.69, 9.17) is 4.74 Å². The van der Waals surface area contributed by atoms with Gasteiger partial charge < -0.3 is 9.14 Å². The van der Waals surface area contributed by atoms with E-state index in [1.54, 1.807) is 12.3 Å². The number of nitrogens with zero attached hydrogens (tertiary/aromatic N) is 2. The minimum absolute atomic E-state index is 0.278. The van der Waals surface area contributed by atoms with E-state index in [0.29, 0.717) is 5.56 Å². The van der Waals surface area contributed by atoms with Crippen LogP contribution in [-0.4, -0.2) is 28.4 Å². The van der Waals surface area contributed by atoms with Gasteiger partial charge in [-0.3, -0.25) is 4.79 Å². The van der Waals surface area contributed by atoms with Gasteiger partial charge in [-0.2, -0.15) is 0 Å². The summed E-state index contributed by atoms with van der Waals surface area (Å²) in [6.45, 7) is 0.855. The van der Waals surface area contributed by atoms with Gasteiger partial charge in [-0.05, 0) is 25.0 Å². The van der Waals surface area contributed by atoms with Crippen molar-refractivity contribution >= 4 is 11.8 Å². The number of carbonyl (C=O) groups is 1. The molecule has 88 valence electrons. The quantitative estimate of drug-likeness (QED) is 0.756. The van der Waals surface area contributed by atoms with Crippen LogP contribution in [0.4, 0.5) is 0 Å². The summed E-state index contributed by atoms with van der Waals surface area (Å²) >= 11 is 0. The van der Waals surface area contributed by atoms with E-state index in [1.807, 2.05) is 16.7 Å². The van der Waals surface area contributed by atoms with E-state index < -0.39 is 0 Å². The topological polar surface area (TPSA) is 43.6 Å². The minimum atomic E-state index is 0.278. The molecule has 1 unspecified atom stereocenters. The molecular formula is C13H14N2O2. The Morgan fingerprint density at radius 1 is 1.59 bits per heavy atom. The summed E-state index contributed by atoms with van der Waals surface area (Å²) in [4.78, 5) is 15.3. The van der Waals surface area contributed by atoms with E-state index in [-0.39, 0.29) is 6.10 Å². The molecule has 0 aromatic carbocycles. The van der Waals surface area contributed by atoms with Gasteiger partial charge in [-0.1, -0.05) is 0 Å². The summed E-state index contributed by atoms with van der Waals surface area (Å²) in [6.07, 6.45) is 7.90. The largest absolute Gasteiger partial charge is 0.378 e. The lowest BCUT2D eigenvalue weighted by atomic mass is 10.2. The number of pyridine rings is 1. The zero-order valence-electron chi connectivity index (χ0n) is 9.50. The third-order valence-electron chi connectivity index (χ3n) is 3.24. The molecule has 1 fully saturated rings. The monoisotopic (exact) mass is 230 g/mol. The molecule has 4 nitrogen and oxygen atoms in total. The van der Waals surface area contributed by atoms with Gasteiger partial charge in [-0.15, -0.1) is 0 Å². The lowest BCUT2D eigenvalue weighted by Gasteiger charge is -2.08. The fourth-order valence-corrected chi connectivity index (χ4v) is 2.36. The first-order valence-corrected chi connectivity index (χ1v) is 5.90. The second-order valence-electron chi connectivity index (χ2n) is 4.35. The van der Waals surface area contributed by atoms with E-state index in [0.717, 1.165) is 43.5 Å². The second kappa shape index (κ2) is 4.30. The fraction of sp³-hybridized carbons (Fsp3) is 0.385. The van der Waals surface area contributed by atoms with Crippen LogP contribution in [0.2, 0.25) is 0 Å². The van der Waals surface area contributed by atoms with Gasteiger partial charge in [0, 0.05) is 24.8 Å². The highest BCUT2D eigenvalue weighted by atomic mass is 16.5. The molecule has 2 aromatic rings. The Balaban J connectivity index is 1.97. The maximum atomic E-state index is 10.9. The Bertz CT molecular complexity index is 541. The molecule has 1 atom stereocenters. The first-order valence-electron chi connectivity index (χ1n) is 5.90. The maximum absolute atomic E-state index is 10.9. The van der Waals surface area contributed by atoms with E-state index in [9.17, 15) is 4.79 Å². The predicted molar refractivity (Wildman–Crippen MR) is 63.3 cm³/mol. The molecule has 1 aliphatic rings. The van der Waals surface area contributed by atoms with Crippen LogP contribution in [0.1, 0.15) is 29.0 Å². The zero-order valence-corrected chi connectivity index (χ0v) is 9.50. The average Bonchev–Trinajstić information content (AvgIpc) is 2.99. The van der Waals surface area contributed by atoms with Gasteiger partial charge in [-0.25, -0.2) is 4.98 Å². The number of aromatic nitrogens is 2. The molecule has 1 saturated heterocycles. The van der Waals surface area contributed by atoms with Gasteiger partial charge in [0.05, 0.1) is 17.8 Å². The van der Waals surface area contributed by atoms with Crippen LogP contribution in [0.5, 0.6) is 0 Å². The zero-order chi connectivity index (χ0) is 11.7. The summed E-state index contributed by atoms with van der Waals surface area (Å²) in [5.41, 5.74) is 1.55. The fourth-order valence-electron chi connectivity index (χ4n) is 2.36. The molecule has 3 heterocycles. The van der Waals surface area contributed by atoms with Crippen molar-refractivity contribution in [3.63, 3.8) is 0 Å². The Hall–Kier alpha value is -1.68. The van der Waals surface area contributed by atoms with Crippen molar-refractivity contribution in [2.24, 2.45) is 0 Å². The van der Waals surface area contributed by atoms with Gasteiger partial charge in [0.2, 0.25) is 0 Å². The van der Waals surface area contributed by atoms with Crippen molar-refractivity contribution in [3.8, 4) is 0 Å². The maximum Gasteiger partial charge on any atom is 0.152 e. The van der Waals surface area contributed by atoms with Crippen LogP contribution in [0.15, 0.2) is 24.5 Å². The number of ether oxygens (including phenoxy) is 1. The smallest absolute Gasteiger partial charge is 0.152 e. The van der Waals surface area contributed by atoms with Crippen molar-refractivity contribution in [1.29, 1.82) is 0 Å². The molecule has 0 saturated carbocycles. The molecule has 2 aromatic heterocycles. The number of hydrogen-bond donors (Lipinski definition) is 0. The average molecular weight is 230 g/mol. The number of aldehydes is 1. The number of fused-ring (bicyclic) bond motifs is 1. The molecule has 17 heavy (non-hydrogen) atoms. The first-order chi connectivity index (χ1) is 8.38. The highest BCUT2D eigenvalue weighted by Crippen LogP contribution is 2.18. The molecule has 0 radical (unpaired) electrons. The van der Waals surface area contributed by atoms with Crippen molar-refractivity contribution in [1.82, 2.24) is 9.38 Å². The Morgan fingerprint density at radius 2 is 2.53 bits per heavy atom. The molecule has 0 N–H and O–H groups in total. The van der Waals surface area contributed by atoms with Crippen LogP contribution in [0.3, 0.4) is 0 Å². The number of rotatable bonds is 3. The van der Waals surface area contributed by atoms with Crippen LogP contribution in [-0.2, 0) is 11.2 Å². The predicted octanol–water partition coefficient (Wildman–Crippen LogP) is 1.87. The lowest BCUT2D eigenvalue weighted by molar-refractivity contribution is 0.110. The molecule has 0 amide bonds. The van der Waals surface area contributed by atoms with E-state index in [2.05, 4.69) is 4.98 Å². The summed E-state index contributed by atoms with van der Waals surface area (Å²) in [7, 11) is 0. The van der Waals surface area contributed by atoms with Gasteiger partial charge in [0.1, 0.15) is 5.82 Å². The van der Waals surface area contributed by atoms with Gasteiger partial charge in [0.15, 0.2) is 6.29 Å². The highest BCUT2D eigenvalue weighted by molar-refractivity contribution is 5.85. The number of carbonyl (C=O) groups excluding carboxylic acids is 1. The molecule has 4 heteroatoms. The van der Waals surface area contributed by atoms with Crippen LogP contribution < -0.4 is 0 Å². The molecule has 0 bridgehead atoms. The summed E-state index contributed by atoms with van der Waals surface area (Å²) in [5.74, 6) is 0.968. The first kappa shape index (κ1) is 10.5. The van der Waals surface area contributed by atoms with Crippen molar-refractivity contribution < 1.29 is 9.53 Å². The molecule has 1 aliphatic heterocycles. The van der Waals surface area contributed by atoms with Crippen molar-refractivity contribution in [2.45, 2.75) is 25.4 Å². The molecular weight excluding hydrogens is 216 g/mol. The second-order valence-corrected chi connectivity index (χ2v) is 4.35. The number of imidazole rings is 1. The highest BCUT2D eigenvalue weighted by Gasteiger charge is 2.18. The minimum Gasteiger partial charge on any atom is -0.378 e. The normalized spacial score (nSPS) is 19.9. The van der Waals surface area contributed by atoms with Gasteiger partial charge >= 0.3 is 0 Å². The standard InChI is InChI=1S/C13H14N2O2/c16-9-10-3-1-5-15-12(10)8-14-13(15)7-11-4-2-6-17-11/h1,3,5,8-9,11H,2,4,6-7H2. The summed E-state index contributed by atoms with van der Waals surface area (Å²) < 4.78 is 7.59. The van der Waals surface area contributed by atoms with E-state index >= 15 is 0 Å². The molecule has 0 aliphatic carbocycles.